The van der Waals surface area contributed by atoms with Crippen LogP contribution < -0.4 is 10.5 Å². The van der Waals surface area contributed by atoms with Crippen molar-refractivity contribution in [1.29, 1.82) is 0 Å². The highest BCUT2D eigenvalue weighted by atomic mass is 32.2. The Bertz CT molecular complexity index is 1110. The zero-order valence-corrected chi connectivity index (χ0v) is 18.5. The number of carboxylic acid groups (broad SMARTS) is 1. The number of sulfone groups is 1. The number of rotatable bonds is 10. The number of carbonyl (C=O) groups is 1. The van der Waals surface area contributed by atoms with Crippen LogP contribution in [0.5, 0.6) is 0 Å². The minimum absolute atomic E-state index is 0.0394. The highest BCUT2D eigenvalue weighted by Gasteiger charge is 2.31. The predicted molar refractivity (Wildman–Crippen MR) is 112 cm³/mol. The second-order valence-electron chi connectivity index (χ2n) is 7.06. The molecule has 0 unspecified atom stereocenters. The molecule has 0 aliphatic heterocycles. The summed E-state index contributed by atoms with van der Waals surface area (Å²) in [5.41, 5.74) is 6.81. The molecule has 0 aliphatic rings. The molecule has 164 valence electrons. The molecule has 0 saturated heterocycles. The van der Waals surface area contributed by atoms with Crippen LogP contribution in [0.1, 0.15) is 30.4 Å². The molecule has 30 heavy (non-hydrogen) atoms. The van der Waals surface area contributed by atoms with Gasteiger partial charge in [-0.05, 0) is 63.1 Å². The number of unbranched alkanes of at least 4 members (excludes halogenated alkanes) is 1. The zero-order valence-electron chi connectivity index (χ0n) is 16.8. The first kappa shape index (κ1) is 24.0. The van der Waals surface area contributed by atoms with Gasteiger partial charge in [0, 0.05) is 0 Å². The summed E-state index contributed by atoms with van der Waals surface area (Å²) >= 11 is 0. The van der Waals surface area contributed by atoms with Crippen LogP contribution in [0.25, 0.3) is 0 Å². The summed E-state index contributed by atoms with van der Waals surface area (Å²) in [4.78, 5) is 10.6. The van der Waals surface area contributed by atoms with Gasteiger partial charge >= 0.3 is 5.97 Å². The summed E-state index contributed by atoms with van der Waals surface area (Å²) < 4.78 is 54.4. The second kappa shape index (κ2) is 9.69. The van der Waals surface area contributed by atoms with E-state index in [-0.39, 0.29) is 11.3 Å². The lowest BCUT2D eigenvalue weighted by Crippen LogP contribution is -2.41. The number of hydrogen-bond acceptors (Lipinski definition) is 6. The van der Waals surface area contributed by atoms with E-state index in [1.165, 1.54) is 30.3 Å². The van der Waals surface area contributed by atoms with Crippen molar-refractivity contribution in [2.45, 2.75) is 53.8 Å². The van der Waals surface area contributed by atoms with E-state index in [2.05, 4.69) is 4.72 Å². The standard InChI is InChI=1S/C20H26N2O6S2/c1-14-6-9-16(10-7-14)29(25,26)19-13-15(2)8-11-18(19)30(27,28)22-17(20(23)24)5-3-4-12-21/h6-11,13,17,22H,3-5,12,21H2,1-2H3,(H,23,24)/t17-/m0/s1. The molecule has 0 amide bonds. The van der Waals surface area contributed by atoms with Crippen LogP contribution in [-0.2, 0) is 24.7 Å². The van der Waals surface area contributed by atoms with E-state index >= 15 is 0 Å². The van der Waals surface area contributed by atoms with Gasteiger partial charge in [-0.25, -0.2) is 16.8 Å². The second-order valence-corrected chi connectivity index (χ2v) is 10.7. The van der Waals surface area contributed by atoms with Crippen molar-refractivity contribution in [3.8, 4) is 0 Å². The van der Waals surface area contributed by atoms with Crippen molar-refractivity contribution in [2.75, 3.05) is 6.54 Å². The van der Waals surface area contributed by atoms with Gasteiger partial charge in [0.2, 0.25) is 19.9 Å². The number of carboxylic acids is 1. The Morgan fingerprint density at radius 3 is 2.13 bits per heavy atom. The summed E-state index contributed by atoms with van der Waals surface area (Å²) in [6.45, 7) is 3.81. The van der Waals surface area contributed by atoms with Crippen molar-refractivity contribution in [2.24, 2.45) is 5.73 Å². The minimum atomic E-state index is -4.43. The Balaban J connectivity index is 2.51. The molecule has 0 saturated carbocycles. The van der Waals surface area contributed by atoms with Crippen LogP contribution in [0, 0.1) is 13.8 Å². The Kier molecular flexibility index (Phi) is 7.75. The Hall–Kier alpha value is -2.27. The molecule has 0 heterocycles. The lowest BCUT2D eigenvalue weighted by molar-refractivity contribution is -0.139. The maximum Gasteiger partial charge on any atom is 0.321 e. The van der Waals surface area contributed by atoms with E-state index in [0.717, 1.165) is 5.56 Å². The summed E-state index contributed by atoms with van der Waals surface area (Å²) in [6, 6.07) is 8.57. The molecular weight excluding hydrogens is 428 g/mol. The van der Waals surface area contributed by atoms with Gasteiger partial charge in [0.25, 0.3) is 0 Å². The minimum Gasteiger partial charge on any atom is -0.480 e. The highest BCUT2D eigenvalue weighted by Crippen LogP contribution is 2.29. The van der Waals surface area contributed by atoms with Crippen molar-refractivity contribution in [3.63, 3.8) is 0 Å². The predicted octanol–water partition coefficient (Wildman–Crippen LogP) is 2.00. The lowest BCUT2D eigenvalue weighted by atomic mass is 10.1. The fourth-order valence-electron chi connectivity index (χ4n) is 2.87. The number of sulfonamides is 1. The molecule has 0 spiro atoms. The number of nitrogens with one attached hydrogen (secondary N) is 1. The highest BCUT2D eigenvalue weighted by molar-refractivity contribution is 7.93. The number of aryl methyl sites for hydroxylation is 2. The monoisotopic (exact) mass is 454 g/mol. The Morgan fingerprint density at radius 2 is 1.57 bits per heavy atom. The molecule has 2 aromatic carbocycles. The fraction of sp³-hybridized carbons (Fsp3) is 0.350. The van der Waals surface area contributed by atoms with Gasteiger partial charge in [0.1, 0.15) is 10.9 Å². The van der Waals surface area contributed by atoms with E-state index in [1.807, 2.05) is 0 Å². The zero-order chi connectivity index (χ0) is 22.5. The number of hydrogen-bond donors (Lipinski definition) is 3. The third kappa shape index (κ3) is 5.66. The van der Waals surface area contributed by atoms with Gasteiger partial charge in [-0.1, -0.05) is 30.2 Å². The number of nitrogens with two attached hydrogens (primary N) is 1. The van der Waals surface area contributed by atoms with Crippen LogP contribution in [0.3, 0.4) is 0 Å². The van der Waals surface area contributed by atoms with E-state index in [4.69, 9.17) is 5.73 Å². The van der Waals surface area contributed by atoms with E-state index in [9.17, 15) is 26.7 Å². The molecule has 8 nitrogen and oxygen atoms in total. The third-order valence-corrected chi connectivity index (χ3v) is 8.02. The number of aliphatic carboxylic acids is 1. The van der Waals surface area contributed by atoms with Gasteiger partial charge in [0.05, 0.1) is 9.79 Å². The summed E-state index contributed by atoms with van der Waals surface area (Å²) in [6.07, 6.45) is 0.999. The van der Waals surface area contributed by atoms with Crippen molar-refractivity contribution >= 4 is 25.8 Å². The van der Waals surface area contributed by atoms with Gasteiger partial charge in [-0.15, -0.1) is 0 Å². The van der Waals surface area contributed by atoms with Crippen LogP contribution >= 0.6 is 0 Å². The summed E-state index contributed by atoms with van der Waals surface area (Å²) in [7, 11) is -8.58. The van der Waals surface area contributed by atoms with Gasteiger partial charge in [0.15, 0.2) is 0 Å². The average Bonchev–Trinajstić information content (AvgIpc) is 2.67. The van der Waals surface area contributed by atoms with Crippen LogP contribution in [-0.4, -0.2) is 40.5 Å². The van der Waals surface area contributed by atoms with Gasteiger partial charge < -0.3 is 10.8 Å². The van der Waals surface area contributed by atoms with Crippen LogP contribution in [0.2, 0.25) is 0 Å². The molecule has 0 radical (unpaired) electrons. The molecular formula is C20H26N2O6S2. The van der Waals surface area contributed by atoms with Crippen molar-refractivity contribution in [3.05, 3.63) is 53.6 Å². The van der Waals surface area contributed by atoms with E-state index in [1.54, 1.807) is 26.0 Å². The van der Waals surface area contributed by atoms with Crippen LogP contribution in [0.4, 0.5) is 0 Å². The maximum atomic E-state index is 13.2. The first-order valence-corrected chi connectivity index (χ1v) is 12.3. The quantitative estimate of drug-likeness (QED) is 0.466. The molecule has 0 aliphatic carbocycles. The number of benzene rings is 2. The lowest BCUT2D eigenvalue weighted by Gasteiger charge is -2.17. The SMILES string of the molecule is Cc1ccc(S(=O)(=O)c2cc(C)ccc2S(=O)(=O)N[C@@H](CCCCN)C(=O)O)cc1. The Labute approximate surface area is 177 Å². The van der Waals surface area contributed by atoms with E-state index in [0.29, 0.717) is 24.9 Å². The average molecular weight is 455 g/mol. The molecule has 2 rings (SSSR count). The first-order valence-electron chi connectivity index (χ1n) is 9.36. The largest absolute Gasteiger partial charge is 0.480 e. The Morgan fingerprint density at radius 1 is 0.967 bits per heavy atom. The summed E-state index contributed by atoms with van der Waals surface area (Å²) in [5, 5.41) is 9.38. The van der Waals surface area contributed by atoms with Crippen molar-refractivity contribution in [1.82, 2.24) is 4.72 Å². The molecule has 4 N–H and O–H groups in total. The third-order valence-electron chi connectivity index (χ3n) is 4.55. The smallest absolute Gasteiger partial charge is 0.321 e. The normalized spacial score (nSPS) is 13.2. The molecule has 2 aromatic rings. The molecule has 0 fully saturated rings. The molecule has 0 aromatic heterocycles. The van der Waals surface area contributed by atoms with Crippen molar-refractivity contribution < 1.29 is 26.7 Å². The van der Waals surface area contributed by atoms with E-state index < -0.39 is 41.7 Å². The maximum absolute atomic E-state index is 13.2. The van der Waals surface area contributed by atoms with Gasteiger partial charge in [-0.3, -0.25) is 4.79 Å². The topological polar surface area (TPSA) is 144 Å². The molecule has 1 atom stereocenters. The molecule has 10 heteroatoms. The first-order chi connectivity index (χ1) is 14.0. The molecule has 0 bridgehead atoms. The summed E-state index contributed by atoms with van der Waals surface area (Å²) in [5.74, 6) is -1.34. The van der Waals surface area contributed by atoms with Crippen LogP contribution in [0.15, 0.2) is 57.2 Å². The van der Waals surface area contributed by atoms with Gasteiger partial charge in [-0.2, -0.15) is 4.72 Å². The fourth-order valence-corrected chi connectivity index (χ4v) is 6.24.